The Balaban J connectivity index is 2.85. The van der Waals surface area contributed by atoms with Gasteiger partial charge in [-0.1, -0.05) is 0 Å². The van der Waals surface area contributed by atoms with Gasteiger partial charge in [0.05, 0.1) is 4.90 Å². The molecule has 170 valence electrons. The maximum Gasteiger partial charge on any atom is 0.322 e. The van der Waals surface area contributed by atoms with Crippen LogP contribution in [0.15, 0.2) is 23.1 Å². The van der Waals surface area contributed by atoms with Crippen LogP contribution in [0.25, 0.3) is 0 Å². The Morgan fingerprint density at radius 1 is 1.16 bits per heavy atom. The molecule has 0 aliphatic heterocycles. The summed E-state index contributed by atoms with van der Waals surface area (Å²) in [6, 6.07) is 1.88. The molecule has 2 atom stereocenters. The molecule has 0 radical (unpaired) electrons. The molecule has 8 N–H and O–H groups in total. The lowest BCUT2D eigenvalue weighted by Gasteiger charge is -2.18. The summed E-state index contributed by atoms with van der Waals surface area (Å²) in [4.78, 5) is 57.4. The Labute approximate surface area is 181 Å². The number of carbonyl (C=O) groups excluding carboxylic acids is 3. The van der Waals surface area contributed by atoms with Crippen LogP contribution >= 0.6 is 11.8 Å². The Bertz CT molecular complexity index is 848. The predicted molar refractivity (Wildman–Crippen MR) is 111 cm³/mol. The quantitative estimate of drug-likeness (QED) is 0.156. The highest BCUT2D eigenvalue weighted by Crippen LogP contribution is 2.31. The summed E-state index contributed by atoms with van der Waals surface area (Å²) in [6.07, 6.45) is -0.415. The average Bonchev–Trinajstić information content (AvgIpc) is 2.68. The number of hydrogen-bond donors (Lipinski definition) is 7. The van der Waals surface area contributed by atoms with Gasteiger partial charge in [-0.05, 0) is 24.6 Å². The van der Waals surface area contributed by atoms with Crippen LogP contribution in [0.5, 0.6) is 5.75 Å². The first kappa shape index (κ1) is 25.7. The lowest BCUT2D eigenvalue weighted by Crippen LogP contribution is -2.49. The molecule has 1 rings (SSSR count). The van der Waals surface area contributed by atoms with E-state index in [2.05, 4.69) is 16.0 Å². The summed E-state index contributed by atoms with van der Waals surface area (Å²) in [6.45, 7) is 0.650. The molecule has 13 heteroatoms. The predicted octanol–water partition coefficient (Wildman–Crippen LogP) is -0.680. The van der Waals surface area contributed by atoms with Gasteiger partial charge in [0.15, 0.2) is 0 Å². The lowest BCUT2D eigenvalue weighted by molar-refractivity contribution is -0.139. The van der Waals surface area contributed by atoms with Gasteiger partial charge in [0, 0.05) is 24.8 Å². The number of thioether (sulfide) groups is 1. The third kappa shape index (κ3) is 9.82. The molecule has 1 unspecified atom stereocenters. The number of aromatic hydroxyl groups is 1. The van der Waals surface area contributed by atoms with Crippen molar-refractivity contribution in [1.29, 1.82) is 0 Å². The van der Waals surface area contributed by atoms with Crippen molar-refractivity contribution in [3.05, 3.63) is 18.2 Å². The summed E-state index contributed by atoms with van der Waals surface area (Å²) >= 11 is 0.987. The number of aliphatic carboxylic acids is 2. The third-order valence-corrected chi connectivity index (χ3v) is 4.89. The minimum atomic E-state index is -1.28. The molecular weight excluding hydrogens is 432 g/mol. The monoisotopic (exact) mass is 456 g/mol. The molecule has 0 bridgehead atoms. The third-order valence-electron chi connectivity index (χ3n) is 3.75. The van der Waals surface area contributed by atoms with Crippen LogP contribution in [0.4, 0.5) is 5.69 Å². The summed E-state index contributed by atoms with van der Waals surface area (Å²) in [5.41, 5.74) is 5.76. The molecule has 1 aromatic rings. The molecule has 0 spiro atoms. The van der Waals surface area contributed by atoms with E-state index >= 15 is 0 Å². The van der Waals surface area contributed by atoms with Gasteiger partial charge in [-0.2, -0.15) is 0 Å². The number of anilines is 1. The van der Waals surface area contributed by atoms with E-state index in [0.717, 1.165) is 11.8 Å². The zero-order chi connectivity index (χ0) is 23.6. The van der Waals surface area contributed by atoms with E-state index in [1.165, 1.54) is 25.1 Å². The van der Waals surface area contributed by atoms with Crippen molar-refractivity contribution in [1.82, 2.24) is 10.6 Å². The van der Waals surface area contributed by atoms with Gasteiger partial charge in [0.1, 0.15) is 24.4 Å². The molecule has 0 aromatic heterocycles. The van der Waals surface area contributed by atoms with Gasteiger partial charge < -0.3 is 37.0 Å². The normalized spacial score (nSPS) is 12.3. The van der Waals surface area contributed by atoms with Crippen molar-refractivity contribution in [2.24, 2.45) is 5.73 Å². The standard InChI is InChI=1S/C18H24N4O8S/c1-9(23)21-10-2-4-13(24)14(6-10)31-8-12(17(28)20-7-16(26)27)22-15(25)5-3-11(19)18(29)30/h2,4,6,11-12,24H,3,5,7-8,19H2,1H3,(H,20,28)(H,21,23)(H,22,25)(H,26,27)(H,29,30)/t11-,12?/m0/s1. The van der Waals surface area contributed by atoms with Crippen molar-refractivity contribution in [2.45, 2.75) is 36.7 Å². The van der Waals surface area contributed by atoms with Crippen LogP contribution in [0.1, 0.15) is 19.8 Å². The van der Waals surface area contributed by atoms with Crippen LogP contribution in [-0.4, -0.2) is 69.4 Å². The van der Waals surface area contributed by atoms with Gasteiger partial charge in [-0.3, -0.25) is 24.0 Å². The van der Waals surface area contributed by atoms with Crippen LogP contribution in [0.3, 0.4) is 0 Å². The second kappa shape index (κ2) is 12.4. The summed E-state index contributed by atoms with van der Waals surface area (Å²) in [5, 5.41) is 34.6. The van der Waals surface area contributed by atoms with Crippen molar-refractivity contribution in [3.63, 3.8) is 0 Å². The van der Waals surface area contributed by atoms with E-state index in [-0.39, 0.29) is 30.3 Å². The number of nitrogens with one attached hydrogen (secondary N) is 3. The zero-order valence-corrected chi connectivity index (χ0v) is 17.4. The number of amides is 3. The number of rotatable bonds is 12. The number of carboxylic acids is 2. The molecule has 0 heterocycles. The highest BCUT2D eigenvalue weighted by Gasteiger charge is 2.23. The Morgan fingerprint density at radius 3 is 2.42 bits per heavy atom. The van der Waals surface area contributed by atoms with Gasteiger partial charge in [0.2, 0.25) is 17.7 Å². The van der Waals surface area contributed by atoms with Gasteiger partial charge in [0.25, 0.3) is 0 Å². The highest BCUT2D eigenvalue weighted by molar-refractivity contribution is 7.99. The Morgan fingerprint density at radius 2 is 1.84 bits per heavy atom. The first-order valence-corrected chi connectivity index (χ1v) is 9.98. The molecule has 3 amide bonds. The molecule has 31 heavy (non-hydrogen) atoms. The zero-order valence-electron chi connectivity index (χ0n) is 16.6. The van der Waals surface area contributed by atoms with Crippen LogP contribution in [-0.2, 0) is 24.0 Å². The van der Waals surface area contributed by atoms with E-state index in [0.29, 0.717) is 10.6 Å². The van der Waals surface area contributed by atoms with Gasteiger partial charge in [-0.15, -0.1) is 11.8 Å². The molecule has 0 saturated heterocycles. The first-order chi connectivity index (χ1) is 14.5. The van der Waals surface area contributed by atoms with Gasteiger partial charge in [-0.25, -0.2) is 0 Å². The second-order valence-corrected chi connectivity index (χ2v) is 7.45. The molecular formula is C18H24N4O8S. The molecule has 0 saturated carbocycles. The summed E-state index contributed by atoms with van der Waals surface area (Å²) in [7, 11) is 0. The van der Waals surface area contributed by atoms with Crippen molar-refractivity contribution < 1.29 is 39.3 Å². The number of benzene rings is 1. The van der Waals surface area contributed by atoms with E-state index in [1.54, 1.807) is 0 Å². The molecule has 12 nitrogen and oxygen atoms in total. The average molecular weight is 456 g/mol. The highest BCUT2D eigenvalue weighted by atomic mass is 32.2. The maximum atomic E-state index is 12.3. The minimum absolute atomic E-state index is 0.0841. The summed E-state index contributed by atoms with van der Waals surface area (Å²) in [5.74, 6) is -4.50. The topological polar surface area (TPSA) is 208 Å². The molecule has 0 aliphatic rings. The van der Waals surface area contributed by atoms with E-state index in [9.17, 15) is 29.1 Å². The van der Waals surface area contributed by atoms with Crippen molar-refractivity contribution >= 4 is 47.1 Å². The number of carbonyl (C=O) groups is 5. The van der Waals surface area contributed by atoms with E-state index < -0.39 is 42.4 Å². The Hall–Kier alpha value is -3.32. The van der Waals surface area contributed by atoms with Gasteiger partial charge >= 0.3 is 11.9 Å². The molecule has 0 fully saturated rings. The fraction of sp³-hybridized carbons (Fsp3) is 0.389. The number of phenols is 1. The smallest absolute Gasteiger partial charge is 0.322 e. The first-order valence-electron chi connectivity index (χ1n) is 9.00. The molecule has 0 aliphatic carbocycles. The molecule has 1 aromatic carbocycles. The lowest BCUT2D eigenvalue weighted by atomic mass is 10.1. The van der Waals surface area contributed by atoms with Crippen LogP contribution in [0.2, 0.25) is 0 Å². The maximum absolute atomic E-state index is 12.3. The van der Waals surface area contributed by atoms with Crippen LogP contribution < -0.4 is 21.7 Å². The van der Waals surface area contributed by atoms with Crippen LogP contribution in [0, 0.1) is 0 Å². The van der Waals surface area contributed by atoms with E-state index in [4.69, 9.17) is 15.9 Å². The fourth-order valence-corrected chi connectivity index (χ4v) is 3.24. The SMILES string of the molecule is CC(=O)Nc1ccc(O)c(SCC(NC(=O)CC[C@H](N)C(=O)O)C(=O)NCC(=O)O)c1. The number of phenolic OH excluding ortho intramolecular Hbond substituents is 1. The number of hydrogen-bond acceptors (Lipinski definition) is 8. The Kier molecular flexibility index (Phi) is 10.3. The summed E-state index contributed by atoms with van der Waals surface area (Å²) < 4.78 is 0. The van der Waals surface area contributed by atoms with E-state index in [1.807, 2.05) is 0 Å². The second-order valence-electron chi connectivity index (χ2n) is 6.39. The largest absolute Gasteiger partial charge is 0.507 e. The fourth-order valence-electron chi connectivity index (χ4n) is 2.23. The number of nitrogens with two attached hydrogens (primary N) is 1. The number of carboxylic acid groups (broad SMARTS) is 2. The van der Waals surface area contributed by atoms with Crippen molar-refractivity contribution in [2.75, 3.05) is 17.6 Å². The van der Waals surface area contributed by atoms with Crippen molar-refractivity contribution in [3.8, 4) is 5.75 Å². The minimum Gasteiger partial charge on any atom is -0.507 e.